The Morgan fingerprint density at radius 2 is 1.80 bits per heavy atom. The second-order valence-electron chi connectivity index (χ2n) is 5.57. The summed E-state index contributed by atoms with van der Waals surface area (Å²) in [5.74, 6) is -0.374. The van der Waals surface area contributed by atoms with Gasteiger partial charge in [-0.15, -0.1) is 0 Å². The number of halogens is 3. The highest BCUT2D eigenvalue weighted by atomic mass is 35.5. The molecule has 0 aromatic heterocycles. The molecule has 1 aliphatic rings. The van der Waals surface area contributed by atoms with Gasteiger partial charge in [-0.1, -0.05) is 34.8 Å². The summed E-state index contributed by atoms with van der Waals surface area (Å²) in [6.07, 6.45) is 0. The Hall–Kier alpha value is -1.66. The molecule has 1 amide bonds. The topological polar surface area (TPSA) is 67.6 Å². The molecule has 2 aromatic rings. The molecule has 5 nitrogen and oxygen atoms in total. The number of nitrogens with two attached hydrogens (primary N) is 1. The van der Waals surface area contributed by atoms with Crippen molar-refractivity contribution in [3.8, 4) is 0 Å². The maximum atomic E-state index is 12.5. The van der Waals surface area contributed by atoms with Crippen LogP contribution in [0.15, 0.2) is 30.3 Å². The Kier molecular flexibility index (Phi) is 5.59. The SMILES string of the molecule is Nc1cc(Cl)c(NC(=O)c2ccc(Cl)cc2Cl)cc1N1CCOCC1. The standard InChI is InChI=1S/C17H16Cl3N3O2/c18-10-1-2-11(12(19)7-10)17(24)22-15-9-16(14(21)8-13(15)20)23-3-5-25-6-4-23/h1-2,7-9H,3-6,21H2,(H,22,24). The van der Waals surface area contributed by atoms with Crippen molar-refractivity contribution in [2.45, 2.75) is 0 Å². The highest BCUT2D eigenvalue weighted by molar-refractivity contribution is 6.38. The van der Waals surface area contributed by atoms with Crippen molar-refractivity contribution in [3.05, 3.63) is 51.0 Å². The average Bonchev–Trinajstić information content (AvgIpc) is 2.58. The Bertz CT molecular complexity index is 808. The zero-order chi connectivity index (χ0) is 18.0. The van der Waals surface area contributed by atoms with E-state index in [2.05, 4.69) is 10.2 Å². The van der Waals surface area contributed by atoms with E-state index in [1.54, 1.807) is 24.3 Å². The van der Waals surface area contributed by atoms with Crippen molar-refractivity contribution in [1.82, 2.24) is 0 Å². The minimum Gasteiger partial charge on any atom is -0.397 e. The molecule has 0 bridgehead atoms. The van der Waals surface area contributed by atoms with E-state index in [0.29, 0.717) is 40.2 Å². The highest BCUT2D eigenvalue weighted by Gasteiger charge is 2.18. The van der Waals surface area contributed by atoms with Crippen LogP contribution in [0.1, 0.15) is 10.4 Å². The number of amides is 1. The molecule has 1 heterocycles. The molecule has 1 aliphatic heterocycles. The van der Waals surface area contributed by atoms with Gasteiger partial charge in [0, 0.05) is 18.1 Å². The van der Waals surface area contributed by atoms with Crippen LogP contribution in [0.25, 0.3) is 0 Å². The van der Waals surface area contributed by atoms with Crippen LogP contribution in [-0.4, -0.2) is 32.2 Å². The Balaban J connectivity index is 1.87. The molecule has 3 rings (SSSR count). The van der Waals surface area contributed by atoms with Crippen LogP contribution in [0.4, 0.5) is 17.1 Å². The van der Waals surface area contributed by atoms with Gasteiger partial charge < -0.3 is 20.7 Å². The van der Waals surface area contributed by atoms with Crippen molar-refractivity contribution in [3.63, 3.8) is 0 Å². The molecule has 0 unspecified atom stereocenters. The van der Waals surface area contributed by atoms with Crippen LogP contribution in [-0.2, 0) is 4.74 Å². The van der Waals surface area contributed by atoms with E-state index in [1.165, 1.54) is 6.07 Å². The molecule has 3 N–H and O–H groups in total. The monoisotopic (exact) mass is 399 g/mol. The van der Waals surface area contributed by atoms with Crippen LogP contribution < -0.4 is 16.0 Å². The second-order valence-corrected chi connectivity index (χ2v) is 6.82. The fraction of sp³-hybridized carbons (Fsp3) is 0.235. The zero-order valence-electron chi connectivity index (χ0n) is 13.2. The second kappa shape index (κ2) is 7.70. The number of rotatable bonds is 3. The predicted octanol–water partition coefficient (Wildman–Crippen LogP) is 4.32. The number of nitrogens with one attached hydrogen (secondary N) is 1. The first-order chi connectivity index (χ1) is 12.0. The zero-order valence-corrected chi connectivity index (χ0v) is 15.5. The number of ether oxygens (including phenoxy) is 1. The molecule has 0 saturated carbocycles. The lowest BCUT2D eigenvalue weighted by molar-refractivity contribution is 0.102. The minimum atomic E-state index is -0.374. The van der Waals surface area contributed by atoms with E-state index in [4.69, 9.17) is 45.3 Å². The van der Waals surface area contributed by atoms with E-state index in [1.807, 2.05) is 0 Å². The predicted molar refractivity (Wildman–Crippen MR) is 103 cm³/mol. The Labute approximate surface area is 160 Å². The Morgan fingerprint density at radius 3 is 2.48 bits per heavy atom. The molecule has 8 heteroatoms. The number of nitrogens with zero attached hydrogens (tertiary/aromatic N) is 1. The van der Waals surface area contributed by atoms with Crippen molar-refractivity contribution in [2.75, 3.05) is 42.3 Å². The average molecular weight is 401 g/mol. The highest BCUT2D eigenvalue weighted by Crippen LogP contribution is 2.34. The van der Waals surface area contributed by atoms with Crippen molar-refractivity contribution < 1.29 is 9.53 Å². The number of carbonyl (C=O) groups excluding carboxylic acids is 1. The van der Waals surface area contributed by atoms with E-state index in [9.17, 15) is 4.79 Å². The first-order valence-corrected chi connectivity index (χ1v) is 8.77. The summed E-state index contributed by atoms with van der Waals surface area (Å²) in [4.78, 5) is 14.6. The third-order valence-electron chi connectivity index (χ3n) is 3.89. The fourth-order valence-corrected chi connectivity index (χ4v) is 3.33. The molecular formula is C17H16Cl3N3O2. The summed E-state index contributed by atoms with van der Waals surface area (Å²) in [7, 11) is 0. The first-order valence-electron chi connectivity index (χ1n) is 7.64. The maximum Gasteiger partial charge on any atom is 0.257 e. The van der Waals surface area contributed by atoms with Gasteiger partial charge in [-0.25, -0.2) is 0 Å². The van der Waals surface area contributed by atoms with Gasteiger partial charge in [-0.05, 0) is 30.3 Å². The molecule has 0 aliphatic carbocycles. The van der Waals surface area contributed by atoms with Crippen LogP contribution in [0.3, 0.4) is 0 Å². The van der Waals surface area contributed by atoms with E-state index in [-0.39, 0.29) is 10.9 Å². The summed E-state index contributed by atoms with van der Waals surface area (Å²) in [6, 6.07) is 8.08. The van der Waals surface area contributed by atoms with Crippen LogP contribution in [0, 0.1) is 0 Å². The summed E-state index contributed by atoms with van der Waals surface area (Å²) in [5.41, 5.74) is 8.23. The number of nitrogen functional groups attached to an aromatic ring is 1. The maximum absolute atomic E-state index is 12.5. The van der Waals surface area contributed by atoms with E-state index >= 15 is 0 Å². The molecule has 2 aromatic carbocycles. The Morgan fingerprint density at radius 1 is 1.08 bits per heavy atom. The third-order valence-corrected chi connectivity index (χ3v) is 4.75. The van der Waals surface area contributed by atoms with Gasteiger partial charge in [-0.3, -0.25) is 4.79 Å². The van der Waals surface area contributed by atoms with Gasteiger partial charge in [0.2, 0.25) is 0 Å². The number of benzene rings is 2. The lowest BCUT2D eigenvalue weighted by Gasteiger charge is -2.30. The molecule has 1 saturated heterocycles. The minimum absolute atomic E-state index is 0.268. The largest absolute Gasteiger partial charge is 0.397 e. The molecule has 25 heavy (non-hydrogen) atoms. The van der Waals surface area contributed by atoms with E-state index < -0.39 is 0 Å². The third kappa shape index (κ3) is 4.12. The molecule has 132 valence electrons. The molecule has 0 radical (unpaired) electrons. The van der Waals surface area contributed by atoms with Crippen molar-refractivity contribution >= 4 is 57.8 Å². The van der Waals surface area contributed by atoms with Crippen molar-refractivity contribution in [2.24, 2.45) is 0 Å². The van der Waals surface area contributed by atoms with Gasteiger partial charge in [0.25, 0.3) is 5.91 Å². The van der Waals surface area contributed by atoms with Crippen LogP contribution >= 0.6 is 34.8 Å². The number of hydrogen-bond donors (Lipinski definition) is 2. The smallest absolute Gasteiger partial charge is 0.257 e. The van der Waals surface area contributed by atoms with Gasteiger partial charge >= 0.3 is 0 Å². The quantitative estimate of drug-likeness (QED) is 0.753. The summed E-state index contributed by atoms with van der Waals surface area (Å²) >= 11 is 18.2. The van der Waals surface area contributed by atoms with Gasteiger partial charge in [0.05, 0.1) is 45.9 Å². The lowest BCUT2D eigenvalue weighted by Crippen LogP contribution is -2.36. The normalized spacial score (nSPS) is 14.4. The fourth-order valence-electron chi connectivity index (χ4n) is 2.61. The van der Waals surface area contributed by atoms with E-state index in [0.717, 1.165) is 18.8 Å². The number of carbonyl (C=O) groups is 1. The summed E-state index contributed by atoms with van der Waals surface area (Å²) in [6.45, 7) is 2.71. The van der Waals surface area contributed by atoms with Crippen LogP contribution in [0.5, 0.6) is 0 Å². The number of morpholine rings is 1. The summed E-state index contributed by atoms with van der Waals surface area (Å²) < 4.78 is 5.36. The molecule has 0 spiro atoms. The van der Waals surface area contributed by atoms with Gasteiger partial charge in [0.15, 0.2) is 0 Å². The molecule has 1 fully saturated rings. The summed E-state index contributed by atoms with van der Waals surface area (Å²) in [5, 5.41) is 3.86. The van der Waals surface area contributed by atoms with Gasteiger partial charge in [0.1, 0.15) is 0 Å². The molecule has 0 atom stereocenters. The number of hydrogen-bond acceptors (Lipinski definition) is 4. The van der Waals surface area contributed by atoms with Crippen LogP contribution in [0.2, 0.25) is 15.1 Å². The lowest BCUT2D eigenvalue weighted by atomic mass is 10.1. The molecular weight excluding hydrogens is 385 g/mol. The number of anilines is 3. The van der Waals surface area contributed by atoms with Crippen molar-refractivity contribution in [1.29, 1.82) is 0 Å². The van der Waals surface area contributed by atoms with Gasteiger partial charge in [-0.2, -0.15) is 0 Å². The first kappa shape index (κ1) is 18.1.